The second kappa shape index (κ2) is 8.60. The van der Waals surface area contributed by atoms with E-state index in [9.17, 15) is 0 Å². The number of ether oxygens (including phenoxy) is 1. The molecule has 118 valence electrons. The van der Waals surface area contributed by atoms with Gasteiger partial charge in [0.05, 0.1) is 6.61 Å². The minimum atomic E-state index is 0.402. The third-order valence-corrected chi connectivity index (χ3v) is 4.05. The van der Waals surface area contributed by atoms with Crippen molar-refractivity contribution in [1.29, 1.82) is 0 Å². The lowest BCUT2D eigenvalue weighted by atomic mass is 10.0. The average molecular weight is 297 g/mol. The summed E-state index contributed by atoms with van der Waals surface area (Å²) in [6.07, 6.45) is 2.15. The molecule has 0 aliphatic heterocycles. The summed E-state index contributed by atoms with van der Waals surface area (Å²) < 4.78 is 5.51. The fraction of sp³-hybridized carbons (Fsp3) is 0.400. The number of aryl methyl sites for hydroxylation is 1. The Balaban J connectivity index is 1.90. The number of hydrogen-bond donors (Lipinski definition) is 1. The normalized spacial score (nSPS) is 12.1. The van der Waals surface area contributed by atoms with Gasteiger partial charge in [-0.3, -0.25) is 0 Å². The highest BCUT2D eigenvalue weighted by Crippen LogP contribution is 2.20. The van der Waals surface area contributed by atoms with E-state index in [-0.39, 0.29) is 0 Å². The van der Waals surface area contributed by atoms with Crippen molar-refractivity contribution in [3.05, 3.63) is 65.2 Å². The third kappa shape index (κ3) is 4.60. The standard InChI is InChI=1S/C20H27NO/c1-4-20(18-10-12-19(13-11-18)22-5-2)21-15-14-17-9-7-6-8-16(17)3/h6-13,20-21H,4-5,14-15H2,1-3H3. The summed E-state index contributed by atoms with van der Waals surface area (Å²) in [5.41, 5.74) is 4.13. The molecule has 1 N–H and O–H groups in total. The smallest absolute Gasteiger partial charge is 0.119 e. The summed E-state index contributed by atoms with van der Waals surface area (Å²) in [5.74, 6) is 0.945. The Morgan fingerprint density at radius 2 is 1.73 bits per heavy atom. The van der Waals surface area contributed by atoms with Gasteiger partial charge in [0, 0.05) is 6.04 Å². The fourth-order valence-electron chi connectivity index (χ4n) is 2.73. The predicted octanol–water partition coefficient (Wildman–Crippen LogP) is 4.68. The molecule has 0 saturated heterocycles. The lowest BCUT2D eigenvalue weighted by Gasteiger charge is -2.18. The SMILES string of the molecule is CCOc1ccc(C(CC)NCCc2ccccc2C)cc1. The lowest BCUT2D eigenvalue weighted by Crippen LogP contribution is -2.23. The number of hydrogen-bond acceptors (Lipinski definition) is 2. The Kier molecular flexibility index (Phi) is 6.47. The van der Waals surface area contributed by atoms with Gasteiger partial charge >= 0.3 is 0 Å². The molecular formula is C20H27NO. The molecule has 0 heterocycles. The van der Waals surface area contributed by atoms with E-state index in [0.717, 1.165) is 25.1 Å². The van der Waals surface area contributed by atoms with Crippen molar-refractivity contribution in [3.8, 4) is 5.75 Å². The molecule has 2 rings (SSSR count). The van der Waals surface area contributed by atoms with Gasteiger partial charge in [0.1, 0.15) is 5.75 Å². The minimum Gasteiger partial charge on any atom is -0.494 e. The summed E-state index contributed by atoms with van der Waals surface area (Å²) in [4.78, 5) is 0. The van der Waals surface area contributed by atoms with Gasteiger partial charge in [0.25, 0.3) is 0 Å². The van der Waals surface area contributed by atoms with E-state index in [1.165, 1.54) is 16.7 Å². The third-order valence-electron chi connectivity index (χ3n) is 4.05. The van der Waals surface area contributed by atoms with Gasteiger partial charge < -0.3 is 10.1 Å². The zero-order chi connectivity index (χ0) is 15.8. The first-order chi connectivity index (χ1) is 10.7. The van der Waals surface area contributed by atoms with Crippen LogP contribution in [0.3, 0.4) is 0 Å². The first kappa shape index (κ1) is 16.6. The van der Waals surface area contributed by atoms with Crippen LogP contribution in [0.15, 0.2) is 48.5 Å². The molecule has 0 radical (unpaired) electrons. The Hall–Kier alpha value is -1.80. The molecule has 1 atom stereocenters. The molecule has 22 heavy (non-hydrogen) atoms. The van der Waals surface area contributed by atoms with Crippen LogP contribution >= 0.6 is 0 Å². The Labute approximate surface area is 134 Å². The van der Waals surface area contributed by atoms with Crippen LogP contribution in [-0.2, 0) is 6.42 Å². The van der Waals surface area contributed by atoms with Crippen LogP contribution in [0.1, 0.15) is 43.0 Å². The lowest BCUT2D eigenvalue weighted by molar-refractivity contribution is 0.340. The molecule has 0 amide bonds. The van der Waals surface area contributed by atoms with Crippen molar-refractivity contribution >= 4 is 0 Å². The maximum absolute atomic E-state index is 5.51. The monoisotopic (exact) mass is 297 g/mol. The maximum Gasteiger partial charge on any atom is 0.119 e. The molecular weight excluding hydrogens is 270 g/mol. The summed E-state index contributed by atoms with van der Waals surface area (Å²) in [6, 6.07) is 17.5. The van der Waals surface area contributed by atoms with E-state index in [2.05, 4.69) is 67.7 Å². The van der Waals surface area contributed by atoms with Crippen LogP contribution in [0.4, 0.5) is 0 Å². The van der Waals surface area contributed by atoms with Gasteiger partial charge in [0.15, 0.2) is 0 Å². The number of nitrogens with one attached hydrogen (secondary N) is 1. The topological polar surface area (TPSA) is 21.3 Å². The molecule has 0 saturated carbocycles. The number of benzene rings is 2. The van der Waals surface area contributed by atoms with E-state index in [1.807, 2.05) is 6.92 Å². The van der Waals surface area contributed by atoms with Gasteiger partial charge in [-0.05, 0) is 62.1 Å². The fourth-order valence-corrected chi connectivity index (χ4v) is 2.73. The van der Waals surface area contributed by atoms with Gasteiger partial charge in [-0.2, -0.15) is 0 Å². The van der Waals surface area contributed by atoms with Crippen molar-refractivity contribution in [2.45, 2.75) is 39.7 Å². The van der Waals surface area contributed by atoms with E-state index in [0.29, 0.717) is 12.6 Å². The van der Waals surface area contributed by atoms with Crippen LogP contribution in [0.5, 0.6) is 5.75 Å². The number of rotatable bonds is 8. The minimum absolute atomic E-state index is 0.402. The van der Waals surface area contributed by atoms with E-state index in [1.54, 1.807) is 0 Å². The van der Waals surface area contributed by atoms with Gasteiger partial charge in [0.2, 0.25) is 0 Å². The average Bonchev–Trinajstić information content (AvgIpc) is 2.54. The van der Waals surface area contributed by atoms with Gasteiger partial charge in [-0.25, -0.2) is 0 Å². The molecule has 0 fully saturated rings. The quantitative estimate of drug-likeness (QED) is 0.764. The Bertz CT molecular complexity index is 562. The van der Waals surface area contributed by atoms with E-state index < -0.39 is 0 Å². The second-order valence-corrected chi connectivity index (χ2v) is 5.59. The van der Waals surface area contributed by atoms with E-state index in [4.69, 9.17) is 4.74 Å². The zero-order valence-electron chi connectivity index (χ0n) is 13.9. The summed E-state index contributed by atoms with van der Waals surface area (Å²) >= 11 is 0. The van der Waals surface area contributed by atoms with Crippen molar-refractivity contribution in [2.75, 3.05) is 13.2 Å². The first-order valence-electron chi connectivity index (χ1n) is 8.25. The molecule has 0 spiro atoms. The Morgan fingerprint density at radius 1 is 1.00 bits per heavy atom. The Morgan fingerprint density at radius 3 is 2.36 bits per heavy atom. The van der Waals surface area contributed by atoms with Crippen molar-refractivity contribution in [3.63, 3.8) is 0 Å². The molecule has 0 aliphatic rings. The molecule has 0 bridgehead atoms. The van der Waals surface area contributed by atoms with Crippen LogP contribution < -0.4 is 10.1 Å². The highest BCUT2D eigenvalue weighted by atomic mass is 16.5. The summed E-state index contributed by atoms with van der Waals surface area (Å²) in [6.45, 7) is 8.12. The summed E-state index contributed by atoms with van der Waals surface area (Å²) in [7, 11) is 0. The largest absolute Gasteiger partial charge is 0.494 e. The van der Waals surface area contributed by atoms with Crippen LogP contribution in [0, 0.1) is 6.92 Å². The van der Waals surface area contributed by atoms with Gasteiger partial charge in [-0.1, -0.05) is 43.3 Å². The predicted molar refractivity (Wildman–Crippen MR) is 93.5 cm³/mol. The zero-order valence-corrected chi connectivity index (χ0v) is 13.9. The molecule has 2 nitrogen and oxygen atoms in total. The molecule has 2 aromatic rings. The van der Waals surface area contributed by atoms with E-state index >= 15 is 0 Å². The summed E-state index contributed by atoms with van der Waals surface area (Å²) in [5, 5.41) is 3.67. The van der Waals surface area contributed by atoms with Crippen molar-refractivity contribution in [2.24, 2.45) is 0 Å². The first-order valence-corrected chi connectivity index (χ1v) is 8.25. The van der Waals surface area contributed by atoms with Crippen molar-refractivity contribution in [1.82, 2.24) is 5.32 Å². The van der Waals surface area contributed by atoms with Crippen LogP contribution in [-0.4, -0.2) is 13.2 Å². The highest BCUT2D eigenvalue weighted by Gasteiger charge is 2.08. The van der Waals surface area contributed by atoms with Crippen LogP contribution in [0.2, 0.25) is 0 Å². The van der Waals surface area contributed by atoms with Crippen molar-refractivity contribution < 1.29 is 4.74 Å². The highest BCUT2D eigenvalue weighted by molar-refractivity contribution is 5.29. The molecule has 2 heteroatoms. The molecule has 2 aromatic carbocycles. The maximum atomic E-state index is 5.51. The molecule has 0 aromatic heterocycles. The molecule has 0 aliphatic carbocycles. The second-order valence-electron chi connectivity index (χ2n) is 5.59. The molecule has 1 unspecified atom stereocenters. The van der Waals surface area contributed by atoms with Crippen LogP contribution in [0.25, 0.3) is 0 Å². The van der Waals surface area contributed by atoms with Gasteiger partial charge in [-0.15, -0.1) is 0 Å².